The minimum absolute atomic E-state index is 0.249. The predicted octanol–water partition coefficient (Wildman–Crippen LogP) is 9.93. The highest BCUT2D eigenvalue weighted by Gasteiger charge is 2.51. The molecule has 14 heteroatoms. The molecule has 384 valence electrons. The van der Waals surface area contributed by atoms with Gasteiger partial charge in [-0.05, 0) is 32.1 Å². The van der Waals surface area contributed by atoms with E-state index in [1.54, 1.807) is 6.08 Å². The second-order valence-corrected chi connectivity index (χ2v) is 20.3. The van der Waals surface area contributed by atoms with Crippen LogP contribution < -0.4 is 5.32 Å². The molecule has 0 bridgehead atoms. The number of rotatable bonds is 44. The number of aliphatic hydroxyl groups is 7. The van der Waals surface area contributed by atoms with Crippen LogP contribution in [0.1, 0.15) is 232 Å². The largest absolute Gasteiger partial charge is 0.472 e. The molecule has 1 rings (SSSR count). The Hall–Kier alpha value is -1.22. The quantitative estimate of drug-likeness (QED) is 0.0158. The smallest absolute Gasteiger partial charge is 0.393 e. The van der Waals surface area contributed by atoms with E-state index in [-0.39, 0.29) is 6.42 Å². The van der Waals surface area contributed by atoms with Crippen LogP contribution in [-0.4, -0.2) is 108 Å². The minimum atomic E-state index is -5.15. The van der Waals surface area contributed by atoms with Crippen molar-refractivity contribution in [3.05, 3.63) is 24.3 Å². The minimum Gasteiger partial charge on any atom is -0.393 e. The Morgan fingerprint density at radius 2 is 0.908 bits per heavy atom. The van der Waals surface area contributed by atoms with Crippen molar-refractivity contribution in [1.29, 1.82) is 0 Å². The van der Waals surface area contributed by atoms with E-state index in [1.807, 2.05) is 0 Å². The topological polar surface area (TPSA) is 226 Å². The molecule has 0 saturated heterocycles. The Balaban J connectivity index is 2.50. The summed E-state index contributed by atoms with van der Waals surface area (Å²) in [5, 5.41) is 74.6. The van der Waals surface area contributed by atoms with Crippen LogP contribution >= 0.6 is 7.82 Å². The molecule has 1 fully saturated rings. The molecule has 1 aliphatic carbocycles. The lowest BCUT2D eigenvalue weighted by atomic mass is 9.85. The Labute approximate surface area is 394 Å². The number of phosphoric ester groups is 1. The number of phosphoric acid groups is 1. The highest BCUT2D eigenvalue weighted by Crippen LogP contribution is 2.47. The van der Waals surface area contributed by atoms with Crippen molar-refractivity contribution >= 4 is 13.7 Å². The van der Waals surface area contributed by atoms with E-state index >= 15 is 0 Å². The number of hydrogen-bond acceptors (Lipinski definition) is 11. The van der Waals surface area contributed by atoms with Crippen LogP contribution in [0.15, 0.2) is 24.3 Å². The molecule has 9 N–H and O–H groups in total. The first-order valence-electron chi connectivity index (χ1n) is 26.4. The highest BCUT2D eigenvalue weighted by atomic mass is 31.2. The molecule has 0 aromatic carbocycles. The average molecular weight is 948 g/mol. The van der Waals surface area contributed by atoms with Gasteiger partial charge in [-0.2, -0.15) is 0 Å². The van der Waals surface area contributed by atoms with Crippen LogP contribution in [0.3, 0.4) is 0 Å². The third-order valence-corrected chi connectivity index (χ3v) is 13.8. The van der Waals surface area contributed by atoms with E-state index in [4.69, 9.17) is 9.05 Å². The normalized spacial score (nSPS) is 22.7. The zero-order chi connectivity index (χ0) is 48.0. The summed E-state index contributed by atoms with van der Waals surface area (Å²) in [7, 11) is -5.15. The van der Waals surface area contributed by atoms with Crippen LogP contribution in [0.5, 0.6) is 0 Å². The van der Waals surface area contributed by atoms with Crippen molar-refractivity contribution in [2.45, 2.75) is 287 Å². The summed E-state index contributed by atoms with van der Waals surface area (Å²) in [5.74, 6) is -0.599. The van der Waals surface area contributed by atoms with Gasteiger partial charge in [-0.15, -0.1) is 0 Å². The van der Waals surface area contributed by atoms with E-state index in [9.17, 15) is 50.0 Å². The van der Waals surface area contributed by atoms with E-state index in [2.05, 4.69) is 31.3 Å². The Bertz CT molecular complexity index is 1210. The van der Waals surface area contributed by atoms with Gasteiger partial charge in [0.25, 0.3) is 0 Å². The summed E-state index contributed by atoms with van der Waals surface area (Å²) in [6, 6.07) is -1.25. The van der Waals surface area contributed by atoms with Gasteiger partial charge >= 0.3 is 7.82 Å². The number of amides is 1. The molecule has 0 spiro atoms. The molecule has 0 aromatic rings. The van der Waals surface area contributed by atoms with Gasteiger partial charge in [-0.25, -0.2) is 4.57 Å². The lowest BCUT2D eigenvalue weighted by molar-refractivity contribution is -0.220. The van der Waals surface area contributed by atoms with E-state index in [1.165, 1.54) is 160 Å². The molecule has 1 saturated carbocycles. The van der Waals surface area contributed by atoms with Crippen molar-refractivity contribution in [2.75, 3.05) is 6.61 Å². The molecule has 65 heavy (non-hydrogen) atoms. The number of hydrogen-bond donors (Lipinski definition) is 9. The Morgan fingerprint density at radius 1 is 0.538 bits per heavy atom. The first-order valence-corrected chi connectivity index (χ1v) is 27.9. The van der Waals surface area contributed by atoms with E-state index in [0.29, 0.717) is 12.8 Å². The molecule has 8 unspecified atom stereocenters. The Morgan fingerprint density at radius 3 is 1.35 bits per heavy atom. The molecular formula is C51H98NO12P. The number of allylic oxidation sites excluding steroid dienone is 3. The fraction of sp³-hybridized carbons (Fsp3) is 0.902. The summed E-state index contributed by atoms with van der Waals surface area (Å²) in [6.07, 6.45) is 32.7. The maximum atomic E-state index is 13.0. The van der Waals surface area contributed by atoms with Crippen LogP contribution in [0.2, 0.25) is 0 Å². The molecule has 13 nitrogen and oxygen atoms in total. The molecule has 1 amide bonds. The van der Waals surface area contributed by atoms with Gasteiger partial charge in [-0.1, -0.05) is 218 Å². The fourth-order valence-electron chi connectivity index (χ4n) is 8.49. The van der Waals surface area contributed by atoms with Crippen molar-refractivity contribution in [3.63, 3.8) is 0 Å². The zero-order valence-corrected chi connectivity index (χ0v) is 41.8. The number of unbranched alkanes of at least 4 members (excludes halogenated alkanes) is 29. The van der Waals surface area contributed by atoms with Gasteiger partial charge in [0.15, 0.2) is 0 Å². The summed E-state index contributed by atoms with van der Waals surface area (Å²) < 4.78 is 22.9. The number of carbonyl (C=O) groups is 1. The monoisotopic (exact) mass is 948 g/mol. The molecule has 8 atom stereocenters. The predicted molar refractivity (Wildman–Crippen MR) is 261 cm³/mol. The van der Waals surface area contributed by atoms with Gasteiger partial charge < -0.3 is 46.0 Å². The molecular weight excluding hydrogens is 850 g/mol. The van der Waals surface area contributed by atoms with Crippen molar-refractivity contribution in [1.82, 2.24) is 5.32 Å². The molecule has 0 aromatic heterocycles. The molecule has 0 radical (unpaired) electrons. The fourth-order valence-corrected chi connectivity index (χ4v) is 9.46. The van der Waals surface area contributed by atoms with E-state index in [0.717, 1.165) is 44.9 Å². The van der Waals surface area contributed by atoms with Crippen LogP contribution in [-0.2, 0) is 18.4 Å². The summed E-state index contributed by atoms with van der Waals surface area (Å²) >= 11 is 0. The summed E-state index contributed by atoms with van der Waals surface area (Å²) in [5.41, 5.74) is 0. The van der Waals surface area contributed by atoms with Crippen molar-refractivity contribution < 1.29 is 59.0 Å². The molecule has 0 aliphatic heterocycles. The molecule has 1 aliphatic rings. The van der Waals surface area contributed by atoms with Crippen molar-refractivity contribution in [2.24, 2.45) is 0 Å². The first kappa shape index (κ1) is 61.8. The number of nitrogens with one attached hydrogen (secondary N) is 1. The van der Waals surface area contributed by atoms with Gasteiger partial charge in [0.1, 0.15) is 36.6 Å². The van der Waals surface area contributed by atoms with E-state index < -0.39 is 75.2 Å². The zero-order valence-electron chi connectivity index (χ0n) is 40.9. The maximum Gasteiger partial charge on any atom is 0.472 e. The third kappa shape index (κ3) is 32.3. The first-order chi connectivity index (χ1) is 31.3. The molecule has 0 heterocycles. The highest BCUT2D eigenvalue weighted by molar-refractivity contribution is 7.47. The Kier molecular flexibility index (Phi) is 38.6. The van der Waals surface area contributed by atoms with Gasteiger partial charge in [0.05, 0.1) is 31.3 Å². The maximum absolute atomic E-state index is 13.0. The summed E-state index contributed by atoms with van der Waals surface area (Å²) in [4.78, 5) is 23.5. The van der Waals surface area contributed by atoms with Crippen LogP contribution in [0, 0.1) is 0 Å². The standard InChI is InChI=1S/C51H98NO12P/c1-3-5-7-9-11-13-15-17-19-20-21-22-23-24-25-27-29-31-33-35-37-39-44(54)43(41-63-65(61,62)64-51-49(59)47(57)46(56)48(58)50(51)60)52-45(55)40-42(53)38-36-34-32-30-28-26-18-16-14-12-10-8-6-4-2/h29,31,37,39,42-44,46-51,53-54,56-60H,3-28,30,32-36,38,40-41H2,1-2H3,(H,52,55)(H,61,62)/b31-29+,39-37+. The second-order valence-electron chi connectivity index (χ2n) is 18.9. The van der Waals surface area contributed by atoms with Gasteiger partial charge in [-0.3, -0.25) is 13.8 Å². The number of carbonyl (C=O) groups excluding carboxylic acids is 1. The van der Waals surface area contributed by atoms with Gasteiger partial charge in [0, 0.05) is 0 Å². The number of aliphatic hydroxyl groups excluding tert-OH is 7. The summed E-state index contributed by atoms with van der Waals surface area (Å²) in [6.45, 7) is 3.76. The SMILES string of the molecule is CCCCCCCCCCCCCCCCC/C=C/CC/C=C/C(O)C(COP(=O)(O)OC1C(O)C(O)C(O)C(O)C1O)NC(=O)CC(O)CCCCCCCCCCCCCCCC. The van der Waals surface area contributed by atoms with Crippen LogP contribution in [0.4, 0.5) is 0 Å². The third-order valence-electron chi connectivity index (χ3n) is 12.8. The van der Waals surface area contributed by atoms with Crippen LogP contribution in [0.25, 0.3) is 0 Å². The lowest BCUT2D eigenvalue weighted by Crippen LogP contribution is -2.64. The second kappa shape index (κ2) is 40.6. The van der Waals surface area contributed by atoms with Crippen molar-refractivity contribution in [3.8, 4) is 0 Å². The van der Waals surface area contributed by atoms with Gasteiger partial charge in [0.2, 0.25) is 5.91 Å². The lowest BCUT2D eigenvalue weighted by Gasteiger charge is -2.41. The average Bonchev–Trinajstić information content (AvgIpc) is 3.28.